The highest BCUT2D eigenvalue weighted by Crippen LogP contribution is 2.35. The molecule has 1 heterocycles. The zero-order chi connectivity index (χ0) is 19.4. The van der Waals surface area contributed by atoms with Crippen molar-refractivity contribution in [2.24, 2.45) is 17.8 Å². The quantitative estimate of drug-likeness (QED) is 0.624. The van der Waals surface area contributed by atoms with E-state index < -0.39 is 41.1 Å². The first-order chi connectivity index (χ1) is 11.5. The summed E-state index contributed by atoms with van der Waals surface area (Å²) in [6.45, 7) is 6.38. The van der Waals surface area contributed by atoms with Gasteiger partial charge in [0.15, 0.2) is 0 Å². The molecule has 0 amide bonds. The fourth-order valence-electron chi connectivity index (χ4n) is 2.73. The molecule has 0 aromatic carbocycles. The van der Waals surface area contributed by atoms with Crippen LogP contribution in [0, 0.1) is 17.8 Å². The van der Waals surface area contributed by atoms with Crippen molar-refractivity contribution in [1.82, 2.24) is 4.98 Å². The summed E-state index contributed by atoms with van der Waals surface area (Å²) in [5.74, 6) is -4.62. The van der Waals surface area contributed by atoms with E-state index in [1.165, 1.54) is 13.1 Å². The first-order valence-corrected chi connectivity index (χ1v) is 8.14. The van der Waals surface area contributed by atoms with Crippen molar-refractivity contribution in [3.8, 4) is 0 Å². The Morgan fingerprint density at radius 2 is 1.60 bits per heavy atom. The molecule has 7 nitrogen and oxygen atoms in total. The topological polar surface area (TPSA) is 125 Å². The first-order valence-electron chi connectivity index (χ1n) is 8.14. The third-order valence-corrected chi connectivity index (χ3v) is 4.88. The van der Waals surface area contributed by atoms with Gasteiger partial charge in [-0.1, -0.05) is 26.8 Å². The van der Waals surface area contributed by atoms with Gasteiger partial charge in [-0.25, -0.2) is 0 Å². The van der Waals surface area contributed by atoms with Crippen LogP contribution in [-0.2, 0) is 26.2 Å². The molecular formula is C18H25NO6. The largest absolute Gasteiger partial charge is 0.481 e. The number of aromatic nitrogens is 1. The molecular weight excluding hydrogens is 326 g/mol. The van der Waals surface area contributed by atoms with Crippen molar-refractivity contribution in [2.75, 3.05) is 0 Å². The maximum Gasteiger partial charge on any atom is 0.315 e. The number of carboxylic acid groups (broad SMARTS) is 3. The van der Waals surface area contributed by atoms with Crippen LogP contribution in [0.1, 0.15) is 45.4 Å². The summed E-state index contributed by atoms with van der Waals surface area (Å²) < 4.78 is 0. The number of hydrogen-bond donors (Lipinski definition) is 3. The van der Waals surface area contributed by atoms with Crippen LogP contribution in [0.15, 0.2) is 18.3 Å². The van der Waals surface area contributed by atoms with Gasteiger partial charge >= 0.3 is 17.9 Å². The second kappa shape index (κ2) is 8.09. The lowest BCUT2D eigenvalue weighted by atomic mass is 9.71. The molecule has 138 valence electrons. The van der Waals surface area contributed by atoms with Crippen LogP contribution in [0.25, 0.3) is 0 Å². The Labute approximate surface area is 146 Å². The third-order valence-electron chi connectivity index (χ3n) is 4.88. The minimum Gasteiger partial charge on any atom is -0.481 e. The van der Waals surface area contributed by atoms with Crippen LogP contribution in [0.5, 0.6) is 0 Å². The van der Waals surface area contributed by atoms with Gasteiger partial charge in [0.05, 0.1) is 17.5 Å². The number of pyridine rings is 1. The molecule has 1 rings (SSSR count). The zero-order valence-corrected chi connectivity index (χ0v) is 14.9. The lowest BCUT2D eigenvalue weighted by Crippen LogP contribution is -2.41. The van der Waals surface area contributed by atoms with Crippen molar-refractivity contribution in [1.29, 1.82) is 0 Å². The van der Waals surface area contributed by atoms with Crippen molar-refractivity contribution >= 4 is 17.9 Å². The zero-order valence-electron chi connectivity index (χ0n) is 14.9. The Morgan fingerprint density at radius 1 is 1.04 bits per heavy atom. The normalized spacial score (nSPS) is 17.1. The van der Waals surface area contributed by atoms with Crippen LogP contribution >= 0.6 is 0 Å². The summed E-state index contributed by atoms with van der Waals surface area (Å²) in [7, 11) is 0. The van der Waals surface area contributed by atoms with Gasteiger partial charge in [-0.2, -0.15) is 0 Å². The predicted molar refractivity (Wildman–Crippen MR) is 90.3 cm³/mol. The number of nitrogens with zero attached hydrogens (tertiary/aromatic N) is 1. The highest BCUT2D eigenvalue weighted by Gasteiger charge is 2.43. The SMILES string of the molecule is CC(Cc1ccc(C(C)(C(=O)O)C(C)CC(C)C(=O)O)nc1)C(=O)O. The number of carbonyl (C=O) groups is 3. The molecule has 0 fully saturated rings. The summed E-state index contributed by atoms with van der Waals surface area (Å²) in [5, 5.41) is 27.7. The van der Waals surface area contributed by atoms with Gasteiger partial charge in [0.25, 0.3) is 0 Å². The van der Waals surface area contributed by atoms with Gasteiger partial charge in [-0.3, -0.25) is 19.4 Å². The second-order valence-electron chi connectivity index (χ2n) is 6.88. The maximum absolute atomic E-state index is 11.9. The van der Waals surface area contributed by atoms with Crippen LogP contribution in [0.4, 0.5) is 0 Å². The van der Waals surface area contributed by atoms with Crippen molar-refractivity contribution in [3.05, 3.63) is 29.6 Å². The summed E-state index contributed by atoms with van der Waals surface area (Å²) in [5.41, 5.74) is -0.296. The molecule has 0 saturated carbocycles. The molecule has 0 aliphatic heterocycles. The first kappa shape index (κ1) is 20.6. The van der Waals surface area contributed by atoms with E-state index in [0.717, 1.165) is 0 Å². The molecule has 4 atom stereocenters. The summed E-state index contributed by atoms with van der Waals surface area (Å²) >= 11 is 0. The minimum atomic E-state index is -1.33. The van der Waals surface area contributed by atoms with E-state index in [-0.39, 0.29) is 6.42 Å². The van der Waals surface area contributed by atoms with Crippen molar-refractivity contribution < 1.29 is 29.7 Å². The Hall–Kier alpha value is -2.44. The number of carboxylic acids is 3. The van der Waals surface area contributed by atoms with Crippen LogP contribution < -0.4 is 0 Å². The Balaban J connectivity index is 3.07. The van der Waals surface area contributed by atoms with E-state index >= 15 is 0 Å². The molecule has 0 aliphatic rings. The molecule has 3 N–H and O–H groups in total. The second-order valence-corrected chi connectivity index (χ2v) is 6.88. The average molecular weight is 351 g/mol. The highest BCUT2D eigenvalue weighted by atomic mass is 16.4. The summed E-state index contributed by atoms with van der Waals surface area (Å²) in [4.78, 5) is 38.1. The van der Waals surface area contributed by atoms with Gasteiger partial charge in [-0.05, 0) is 37.3 Å². The molecule has 0 spiro atoms. The van der Waals surface area contributed by atoms with E-state index in [2.05, 4.69) is 4.98 Å². The van der Waals surface area contributed by atoms with Crippen LogP contribution in [-0.4, -0.2) is 38.2 Å². The smallest absolute Gasteiger partial charge is 0.315 e. The van der Waals surface area contributed by atoms with Crippen molar-refractivity contribution in [3.63, 3.8) is 0 Å². The minimum absolute atomic E-state index is 0.206. The lowest BCUT2D eigenvalue weighted by Gasteiger charge is -2.32. The molecule has 4 unspecified atom stereocenters. The van der Waals surface area contributed by atoms with Gasteiger partial charge in [0, 0.05) is 6.20 Å². The Kier molecular flexibility index (Phi) is 6.67. The molecule has 0 saturated heterocycles. The fourth-order valence-corrected chi connectivity index (χ4v) is 2.73. The van der Waals surface area contributed by atoms with Crippen LogP contribution in [0.2, 0.25) is 0 Å². The van der Waals surface area contributed by atoms with E-state index in [4.69, 9.17) is 10.2 Å². The Bertz CT molecular complexity index is 641. The van der Waals surface area contributed by atoms with Crippen molar-refractivity contribution in [2.45, 2.75) is 46.0 Å². The predicted octanol–water partition coefficient (Wildman–Crippen LogP) is 2.43. The average Bonchev–Trinajstić information content (AvgIpc) is 2.54. The van der Waals surface area contributed by atoms with E-state index in [0.29, 0.717) is 17.7 Å². The van der Waals surface area contributed by atoms with Gasteiger partial charge in [-0.15, -0.1) is 0 Å². The summed E-state index contributed by atoms with van der Waals surface area (Å²) in [6, 6.07) is 3.26. The molecule has 25 heavy (non-hydrogen) atoms. The summed E-state index contributed by atoms with van der Waals surface area (Å²) in [6.07, 6.45) is 2.00. The molecule has 0 radical (unpaired) electrons. The molecule has 0 bridgehead atoms. The van der Waals surface area contributed by atoms with Crippen LogP contribution in [0.3, 0.4) is 0 Å². The number of aliphatic carboxylic acids is 3. The third kappa shape index (κ3) is 4.78. The molecule has 1 aromatic rings. The molecule has 1 aromatic heterocycles. The van der Waals surface area contributed by atoms with Gasteiger partial charge < -0.3 is 15.3 Å². The van der Waals surface area contributed by atoms with Gasteiger partial charge in [0.2, 0.25) is 0 Å². The monoisotopic (exact) mass is 351 g/mol. The molecule has 7 heteroatoms. The standard InChI is InChI=1S/C18H25NO6/c1-10(15(20)21)7-12(3)18(4,17(24)25)14-6-5-13(9-19-14)8-11(2)16(22)23/h5-6,9-12H,7-8H2,1-4H3,(H,20,21)(H,22,23)(H,24,25). The number of rotatable bonds is 9. The lowest BCUT2D eigenvalue weighted by molar-refractivity contribution is -0.148. The van der Waals surface area contributed by atoms with E-state index in [1.807, 2.05) is 0 Å². The van der Waals surface area contributed by atoms with E-state index in [1.54, 1.807) is 32.9 Å². The van der Waals surface area contributed by atoms with Gasteiger partial charge in [0.1, 0.15) is 5.41 Å². The number of hydrogen-bond acceptors (Lipinski definition) is 4. The maximum atomic E-state index is 11.9. The molecule has 0 aliphatic carbocycles. The highest BCUT2D eigenvalue weighted by molar-refractivity contribution is 5.81. The van der Waals surface area contributed by atoms with E-state index in [9.17, 15) is 19.5 Å². The fraction of sp³-hybridized carbons (Fsp3) is 0.556. The Morgan fingerprint density at radius 3 is 2.00 bits per heavy atom.